The summed E-state index contributed by atoms with van der Waals surface area (Å²) in [7, 11) is -3.85. The lowest BCUT2D eigenvalue weighted by molar-refractivity contribution is -0.138. The van der Waals surface area contributed by atoms with Gasteiger partial charge in [0.15, 0.2) is 0 Å². The Labute approximate surface area is 216 Å². The Bertz CT molecular complexity index is 1350. The third kappa shape index (κ3) is 5.06. The first-order valence-electron chi connectivity index (χ1n) is 12.2. The van der Waals surface area contributed by atoms with Crippen molar-refractivity contribution in [1.82, 2.24) is 14.2 Å². The van der Waals surface area contributed by atoms with Crippen molar-refractivity contribution in [2.24, 2.45) is 11.7 Å². The van der Waals surface area contributed by atoms with Gasteiger partial charge in [0.25, 0.3) is 0 Å². The fraction of sp³-hybridized carbons (Fsp3) is 0.385. The van der Waals surface area contributed by atoms with Crippen LogP contribution in [0.25, 0.3) is 10.8 Å². The maximum Gasteiger partial charge on any atom is 0.243 e. The van der Waals surface area contributed by atoms with Crippen molar-refractivity contribution < 1.29 is 13.2 Å². The molecule has 1 amide bonds. The van der Waals surface area contributed by atoms with Gasteiger partial charge in [-0.1, -0.05) is 23.7 Å². The van der Waals surface area contributed by atoms with Crippen LogP contribution in [0.4, 0.5) is 5.69 Å². The molecular formula is C26H30ClN5O3S. The van der Waals surface area contributed by atoms with E-state index in [0.717, 1.165) is 42.4 Å². The van der Waals surface area contributed by atoms with Gasteiger partial charge in [-0.2, -0.15) is 4.31 Å². The van der Waals surface area contributed by atoms with Crippen molar-refractivity contribution in [1.29, 1.82) is 0 Å². The highest BCUT2D eigenvalue weighted by Gasteiger charge is 2.39. The third-order valence-corrected chi connectivity index (χ3v) is 9.31. The van der Waals surface area contributed by atoms with Crippen molar-refractivity contribution in [2.45, 2.75) is 23.8 Å². The molecule has 36 heavy (non-hydrogen) atoms. The number of anilines is 1. The van der Waals surface area contributed by atoms with E-state index in [2.05, 4.69) is 9.88 Å². The van der Waals surface area contributed by atoms with E-state index in [0.29, 0.717) is 17.5 Å². The van der Waals surface area contributed by atoms with Crippen LogP contribution in [0, 0.1) is 5.92 Å². The van der Waals surface area contributed by atoms with E-state index in [1.165, 1.54) is 4.31 Å². The summed E-state index contributed by atoms with van der Waals surface area (Å²) < 4.78 is 28.2. The first kappa shape index (κ1) is 25.0. The quantitative estimate of drug-likeness (QED) is 0.529. The summed E-state index contributed by atoms with van der Waals surface area (Å²) in [5, 5.41) is 2.23. The van der Waals surface area contributed by atoms with Gasteiger partial charge in [-0.3, -0.25) is 9.78 Å². The minimum Gasteiger partial charge on any atom is -0.371 e. The van der Waals surface area contributed by atoms with Gasteiger partial charge < -0.3 is 15.5 Å². The van der Waals surface area contributed by atoms with Gasteiger partial charge in [0.05, 0.1) is 17.5 Å². The topological polar surface area (TPSA) is 99.8 Å². The maximum atomic E-state index is 13.5. The Morgan fingerprint density at radius 1 is 1.00 bits per heavy atom. The SMILES string of the molecule is NCC1CN(S(=O)(=O)c2ccc3cc(Cl)ccc3c2)CC(=O)N1CC1CCN(c2ccncc2)CC1. The van der Waals surface area contributed by atoms with Gasteiger partial charge in [0, 0.05) is 55.8 Å². The van der Waals surface area contributed by atoms with Crippen molar-refractivity contribution >= 4 is 44.0 Å². The second-order valence-electron chi connectivity index (χ2n) is 9.52. The van der Waals surface area contributed by atoms with Gasteiger partial charge in [0.1, 0.15) is 0 Å². The lowest BCUT2D eigenvalue weighted by atomic mass is 9.94. The molecule has 10 heteroatoms. The van der Waals surface area contributed by atoms with Crippen molar-refractivity contribution in [2.75, 3.05) is 44.2 Å². The van der Waals surface area contributed by atoms with Gasteiger partial charge in [0.2, 0.25) is 15.9 Å². The minimum atomic E-state index is -3.85. The zero-order valence-electron chi connectivity index (χ0n) is 20.0. The molecule has 3 heterocycles. The van der Waals surface area contributed by atoms with Gasteiger partial charge in [-0.25, -0.2) is 8.42 Å². The molecule has 0 saturated carbocycles. The molecule has 1 unspecified atom stereocenters. The fourth-order valence-corrected chi connectivity index (χ4v) is 6.83. The number of carbonyl (C=O) groups excluding carboxylic acids is 1. The number of nitrogens with two attached hydrogens (primary N) is 1. The Morgan fingerprint density at radius 3 is 2.42 bits per heavy atom. The molecule has 2 N–H and O–H groups in total. The zero-order chi connectivity index (χ0) is 25.3. The molecule has 2 aliphatic rings. The normalized spacial score (nSPS) is 20.3. The second-order valence-corrected chi connectivity index (χ2v) is 11.9. The predicted octanol–water partition coefficient (Wildman–Crippen LogP) is 2.97. The Kier molecular flexibility index (Phi) is 7.16. The van der Waals surface area contributed by atoms with Crippen molar-refractivity contribution in [3.8, 4) is 0 Å². The first-order valence-corrected chi connectivity index (χ1v) is 14.0. The molecule has 1 aromatic heterocycles. The van der Waals surface area contributed by atoms with Crippen LogP contribution in [0.2, 0.25) is 5.02 Å². The number of hydrogen-bond acceptors (Lipinski definition) is 6. The fourth-order valence-electron chi connectivity index (χ4n) is 5.19. The van der Waals surface area contributed by atoms with E-state index in [1.54, 1.807) is 53.7 Å². The molecule has 0 radical (unpaired) electrons. The van der Waals surface area contributed by atoms with E-state index in [9.17, 15) is 13.2 Å². The predicted molar refractivity (Wildman–Crippen MR) is 141 cm³/mol. The van der Waals surface area contributed by atoms with Crippen molar-refractivity contribution in [3.05, 3.63) is 65.9 Å². The van der Waals surface area contributed by atoms with Gasteiger partial charge in [-0.15, -0.1) is 0 Å². The average molecular weight is 528 g/mol. The molecule has 0 aliphatic carbocycles. The summed E-state index contributed by atoms with van der Waals surface area (Å²) in [6, 6.07) is 13.9. The number of benzene rings is 2. The number of sulfonamides is 1. The van der Waals surface area contributed by atoms with E-state index < -0.39 is 10.0 Å². The molecule has 1 atom stereocenters. The summed E-state index contributed by atoms with van der Waals surface area (Å²) in [4.78, 5) is 21.6. The van der Waals surface area contributed by atoms with Crippen LogP contribution < -0.4 is 10.6 Å². The largest absolute Gasteiger partial charge is 0.371 e. The van der Waals surface area contributed by atoms with E-state index in [1.807, 2.05) is 12.1 Å². The number of nitrogens with zero attached hydrogens (tertiary/aromatic N) is 4. The number of amides is 1. The number of pyridine rings is 1. The molecule has 190 valence electrons. The molecule has 2 fully saturated rings. The summed E-state index contributed by atoms with van der Waals surface area (Å²) in [5.41, 5.74) is 7.21. The summed E-state index contributed by atoms with van der Waals surface area (Å²) in [6.07, 6.45) is 5.53. The van der Waals surface area contributed by atoms with Crippen LogP contribution in [0.15, 0.2) is 65.8 Å². The highest BCUT2D eigenvalue weighted by atomic mass is 35.5. The summed E-state index contributed by atoms with van der Waals surface area (Å²) in [5.74, 6) is 0.168. The summed E-state index contributed by atoms with van der Waals surface area (Å²) >= 11 is 6.05. The molecule has 0 spiro atoms. The minimum absolute atomic E-state index is 0.165. The van der Waals surface area contributed by atoms with Crippen LogP contribution in [0.3, 0.4) is 0 Å². The summed E-state index contributed by atoms with van der Waals surface area (Å²) in [6.45, 7) is 2.67. The smallest absolute Gasteiger partial charge is 0.243 e. The maximum absolute atomic E-state index is 13.5. The Morgan fingerprint density at radius 2 is 1.69 bits per heavy atom. The number of carbonyl (C=O) groups is 1. The molecule has 0 bridgehead atoms. The molecule has 2 saturated heterocycles. The van der Waals surface area contributed by atoms with Crippen molar-refractivity contribution in [3.63, 3.8) is 0 Å². The van der Waals surface area contributed by atoms with Crippen LogP contribution in [-0.4, -0.2) is 73.8 Å². The first-order chi connectivity index (χ1) is 17.3. The second kappa shape index (κ2) is 10.3. The number of hydrogen-bond donors (Lipinski definition) is 1. The van der Waals surface area contributed by atoms with Gasteiger partial charge >= 0.3 is 0 Å². The average Bonchev–Trinajstić information content (AvgIpc) is 2.90. The van der Waals surface area contributed by atoms with E-state index in [-0.39, 0.29) is 36.5 Å². The molecule has 8 nitrogen and oxygen atoms in total. The number of aromatic nitrogens is 1. The highest BCUT2D eigenvalue weighted by Crippen LogP contribution is 2.28. The molecule has 2 aliphatic heterocycles. The standard InChI is InChI=1S/C26H30ClN5O3S/c27-22-3-1-21-14-25(4-2-20(21)13-22)36(34,35)31-17-24(15-28)32(26(33)18-31)16-19-7-11-30(12-8-19)23-5-9-29-10-6-23/h1-6,9-10,13-14,19,24H,7-8,11-12,15-18,28H2. The Balaban J connectivity index is 1.26. The number of piperazine rings is 1. The number of halogens is 1. The van der Waals surface area contributed by atoms with Crippen LogP contribution in [0.5, 0.6) is 0 Å². The molecular weight excluding hydrogens is 498 g/mol. The van der Waals surface area contributed by atoms with Crippen LogP contribution in [0.1, 0.15) is 12.8 Å². The van der Waals surface area contributed by atoms with E-state index in [4.69, 9.17) is 17.3 Å². The van der Waals surface area contributed by atoms with Gasteiger partial charge in [-0.05, 0) is 65.9 Å². The third-order valence-electron chi connectivity index (χ3n) is 7.27. The molecule has 3 aromatic rings. The monoisotopic (exact) mass is 527 g/mol. The van der Waals surface area contributed by atoms with E-state index >= 15 is 0 Å². The van der Waals surface area contributed by atoms with Crippen LogP contribution >= 0.6 is 11.6 Å². The van der Waals surface area contributed by atoms with Crippen LogP contribution in [-0.2, 0) is 14.8 Å². The molecule has 5 rings (SSSR count). The number of piperidine rings is 1. The number of fused-ring (bicyclic) bond motifs is 1. The number of rotatable bonds is 6. The lowest BCUT2D eigenvalue weighted by Gasteiger charge is -2.43. The highest BCUT2D eigenvalue weighted by molar-refractivity contribution is 7.89. The molecule has 2 aromatic carbocycles. The lowest BCUT2D eigenvalue weighted by Crippen LogP contribution is -2.61. The Hall–Kier alpha value is -2.72. The zero-order valence-corrected chi connectivity index (χ0v) is 21.5.